The first-order chi connectivity index (χ1) is 9.03. The number of alkyl halides is 1. The van der Waals surface area contributed by atoms with E-state index in [2.05, 4.69) is 23.4 Å². The lowest BCUT2D eigenvalue weighted by molar-refractivity contribution is 0.496. The molecule has 4 heteroatoms. The summed E-state index contributed by atoms with van der Waals surface area (Å²) >= 11 is 5.84. The molecule has 19 heavy (non-hydrogen) atoms. The van der Waals surface area contributed by atoms with Crippen LogP contribution in [0.25, 0.3) is 11.0 Å². The molecule has 1 aromatic heterocycles. The summed E-state index contributed by atoms with van der Waals surface area (Å²) in [7, 11) is 0. The largest absolute Gasteiger partial charge is 0.328 e. The Morgan fingerprint density at radius 2 is 2.21 bits per heavy atom. The first-order valence-electron chi connectivity index (χ1n) is 6.72. The quantitative estimate of drug-likeness (QED) is 0.774. The lowest BCUT2D eigenvalue weighted by Crippen LogP contribution is -2.08. The van der Waals surface area contributed by atoms with Crippen LogP contribution in [0.5, 0.6) is 0 Å². The molecule has 1 aliphatic rings. The van der Waals surface area contributed by atoms with E-state index < -0.39 is 0 Å². The van der Waals surface area contributed by atoms with Gasteiger partial charge in [-0.15, -0.1) is 11.6 Å². The van der Waals surface area contributed by atoms with Gasteiger partial charge in [0.2, 0.25) is 0 Å². The minimum Gasteiger partial charge on any atom is -0.328 e. The molecule has 0 N–H and O–H groups in total. The molecule has 3 rings (SSSR count). The summed E-state index contributed by atoms with van der Waals surface area (Å²) in [5, 5.41) is 0. The Kier molecular flexibility index (Phi) is 3.05. The summed E-state index contributed by atoms with van der Waals surface area (Å²) in [4.78, 5) is 4.43. The molecule has 0 amide bonds. The highest BCUT2D eigenvalue weighted by Crippen LogP contribution is 2.52. The van der Waals surface area contributed by atoms with Gasteiger partial charge in [-0.1, -0.05) is 19.9 Å². The number of imidazole rings is 1. The number of hydrogen-bond acceptors (Lipinski definition) is 1. The monoisotopic (exact) mass is 280 g/mol. The molecule has 1 heterocycles. The zero-order valence-corrected chi connectivity index (χ0v) is 12.0. The van der Waals surface area contributed by atoms with Gasteiger partial charge in [-0.2, -0.15) is 0 Å². The average molecular weight is 281 g/mol. The van der Waals surface area contributed by atoms with Crippen LogP contribution in [0.3, 0.4) is 0 Å². The van der Waals surface area contributed by atoms with Crippen LogP contribution in [0.2, 0.25) is 0 Å². The Balaban J connectivity index is 2.04. The van der Waals surface area contributed by atoms with Gasteiger partial charge in [0.05, 0.1) is 5.52 Å². The van der Waals surface area contributed by atoms with Gasteiger partial charge in [-0.05, 0) is 29.9 Å². The number of halogens is 2. The summed E-state index contributed by atoms with van der Waals surface area (Å²) < 4.78 is 16.0. The van der Waals surface area contributed by atoms with Crippen molar-refractivity contribution in [3.63, 3.8) is 0 Å². The predicted molar refractivity (Wildman–Crippen MR) is 76.0 cm³/mol. The van der Waals surface area contributed by atoms with E-state index in [1.807, 2.05) is 6.07 Å². The number of aromatic nitrogens is 2. The molecule has 0 saturated heterocycles. The van der Waals surface area contributed by atoms with Crippen molar-refractivity contribution in [2.24, 2.45) is 11.3 Å². The minimum absolute atomic E-state index is 0.248. The first kappa shape index (κ1) is 12.9. The predicted octanol–water partition coefficient (Wildman–Crippen LogP) is 4.00. The van der Waals surface area contributed by atoms with Crippen LogP contribution in [0.1, 0.15) is 26.1 Å². The number of nitrogens with zero attached hydrogens (tertiary/aromatic N) is 2. The van der Waals surface area contributed by atoms with Crippen molar-refractivity contribution >= 4 is 22.6 Å². The van der Waals surface area contributed by atoms with E-state index in [0.717, 1.165) is 17.9 Å². The Bertz CT molecular complexity index is 618. The van der Waals surface area contributed by atoms with Gasteiger partial charge in [0, 0.05) is 18.8 Å². The smallest absolute Gasteiger partial charge is 0.151 e. The third-order valence-electron chi connectivity index (χ3n) is 4.25. The van der Waals surface area contributed by atoms with Crippen molar-refractivity contribution in [3.8, 4) is 0 Å². The van der Waals surface area contributed by atoms with E-state index in [4.69, 9.17) is 11.6 Å². The summed E-state index contributed by atoms with van der Waals surface area (Å²) in [6.07, 6.45) is 1.91. The molecule has 2 aromatic rings. The molecule has 1 unspecified atom stereocenters. The third kappa shape index (κ3) is 2.25. The Labute approximate surface area is 117 Å². The highest BCUT2D eigenvalue weighted by molar-refractivity contribution is 6.17. The summed E-state index contributed by atoms with van der Waals surface area (Å²) in [6.45, 7) is 5.47. The number of benzene rings is 1. The molecule has 1 fully saturated rings. The zero-order valence-electron chi connectivity index (χ0n) is 11.3. The van der Waals surface area contributed by atoms with Crippen LogP contribution >= 0.6 is 11.6 Å². The summed E-state index contributed by atoms with van der Waals surface area (Å²) in [6, 6.07) is 5.15. The van der Waals surface area contributed by atoms with Crippen molar-refractivity contribution in [2.45, 2.75) is 33.2 Å². The van der Waals surface area contributed by atoms with E-state index in [1.165, 1.54) is 12.5 Å². The molecule has 102 valence electrons. The molecule has 1 saturated carbocycles. The maximum Gasteiger partial charge on any atom is 0.151 e. The van der Waals surface area contributed by atoms with Crippen LogP contribution in [0.15, 0.2) is 18.2 Å². The van der Waals surface area contributed by atoms with E-state index in [1.54, 1.807) is 6.07 Å². The van der Waals surface area contributed by atoms with Gasteiger partial charge < -0.3 is 4.57 Å². The minimum atomic E-state index is -0.248. The van der Waals surface area contributed by atoms with Crippen LogP contribution in [0.4, 0.5) is 4.39 Å². The Morgan fingerprint density at radius 1 is 1.47 bits per heavy atom. The highest BCUT2D eigenvalue weighted by atomic mass is 35.5. The number of para-hydroxylation sites is 1. The van der Waals surface area contributed by atoms with Crippen LogP contribution < -0.4 is 0 Å². The SMILES string of the molecule is CC1(C)CC1Cn1c(CCCl)nc2c(F)cccc21. The van der Waals surface area contributed by atoms with Crippen molar-refractivity contribution in [1.82, 2.24) is 9.55 Å². The number of fused-ring (bicyclic) bond motifs is 1. The first-order valence-corrected chi connectivity index (χ1v) is 7.26. The van der Waals surface area contributed by atoms with Crippen molar-refractivity contribution in [3.05, 3.63) is 29.8 Å². The third-order valence-corrected chi connectivity index (χ3v) is 4.44. The lowest BCUT2D eigenvalue weighted by Gasteiger charge is -2.09. The fourth-order valence-electron chi connectivity index (χ4n) is 2.75. The molecular formula is C15H18ClFN2. The van der Waals surface area contributed by atoms with Crippen LogP contribution in [0, 0.1) is 17.2 Å². The van der Waals surface area contributed by atoms with Crippen molar-refractivity contribution < 1.29 is 4.39 Å². The maximum atomic E-state index is 13.8. The second-order valence-corrected chi connectivity index (χ2v) is 6.45. The molecule has 0 bridgehead atoms. The standard InChI is InChI=1S/C15H18ClFN2/c1-15(2)8-10(15)9-19-12-5-3-4-11(17)14(12)18-13(19)6-7-16/h3-5,10H,6-9H2,1-2H3. The normalized spacial score (nSPS) is 20.9. The molecule has 0 radical (unpaired) electrons. The molecule has 1 aromatic carbocycles. The summed E-state index contributed by atoms with van der Waals surface area (Å²) in [5.41, 5.74) is 1.77. The second-order valence-electron chi connectivity index (χ2n) is 6.07. The molecule has 1 aliphatic carbocycles. The lowest BCUT2D eigenvalue weighted by atomic mass is 10.1. The van der Waals surface area contributed by atoms with Crippen LogP contribution in [-0.4, -0.2) is 15.4 Å². The van der Waals surface area contributed by atoms with Gasteiger partial charge in [-0.3, -0.25) is 0 Å². The number of aryl methyl sites for hydroxylation is 1. The molecule has 0 spiro atoms. The summed E-state index contributed by atoms with van der Waals surface area (Å²) in [5.74, 6) is 1.82. The molecule has 1 atom stereocenters. The molecular weight excluding hydrogens is 263 g/mol. The van der Waals surface area contributed by atoms with E-state index in [0.29, 0.717) is 29.2 Å². The van der Waals surface area contributed by atoms with Crippen LogP contribution in [-0.2, 0) is 13.0 Å². The van der Waals surface area contributed by atoms with E-state index in [-0.39, 0.29) is 5.82 Å². The van der Waals surface area contributed by atoms with E-state index >= 15 is 0 Å². The average Bonchev–Trinajstić information content (AvgIpc) is 2.79. The van der Waals surface area contributed by atoms with Gasteiger partial charge in [0.25, 0.3) is 0 Å². The molecule has 2 nitrogen and oxygen atoms in total. The Hall–Kier alpha value is -1.09. The van der Waals surface area contributed by atoms with E-state index in [9.17, 15) is 4.39 Å². The van der Waals surface area contributed by atoms with Gasteiger partial charge in [0.15, 0.2) is 5.82 Å². The van der Waals surface area contributed by atoms with Crippen molar-refractivity contribution in [1.29, 1.82) is 0 Å². The molecule has 0 aliphatic heterocycles. The second kappa shape index (κ2) is 4.48. The highest BCUT2D eigenvalue weighted by Gasteiger charge is 2.45. The van der Waals surface area contributed by atoms with Crippen molar-refractivity contribution in [2.75, 3.05) is 5.88 Å². The van der Waals surface area contributed by atoms with Gasteiger partial charge in [0.1, 0.15) is 11.3 Å². The zero-order chi connectivity index (χ0) is 13.6. The topological polar surface area (TPSA) is 17.8 Å². The van der Waals surface area contributed by atoms with Gasteiger partial charge >= 0.3 is 0 Å². The number of rotatable bonds is 4. The van der Waals surface area contributed by atoms with Gasteiger partial charge in [-0.25, -0.2) is 9.37 Å². The number of hydrogen-bond donors (Lipinski definition) is 0. The fraction of sp³-hybridized carbons (Fsp3) is 0.533. The maximum absolute atomic E-state index is 13.8. The fourth-order valence-corrected chi connectivity index (χ4v) is 2.92. The Morgan fingerprint density at radius 3 is 2.84 bits per heavy atom.